The molecule has 1 saturated carbocycles. The van der Waals surface area contributed by atoms with Crippen LogP contribution in [-0.4, -0.2) is 57.7 Å². The molecule has 1 aromatic carbocycles. The van der Waals surface area contributed by atoms with Crippen LogP contribution in [0.25, 0.3) is 0 Å². The summed E-state index contributed by atoms with van der Waals surface area (Å²) < 4.78 is 5.05. The Morgan fingerprint density at radius 1 is 1.24 bits per heavy atom. The van der Waals surface area contributed by atoms with Crippen LogP contribution in [0, 0.1) is 5.41 Å². The van der Waals surface area contributed by atoms with Crippen molar-refractivity contribution < 1.29 is 33.8 Å². The topological polar surface area (TPSA) is 142 Å². The molecule has 0 saturated heterocycles. The summed E-state index contributed by atoms with van der Waals surface area (Å²) in [6.07, 6.45) is -0.151. The number of carboxylic acids is 1. The van der Waals surface area contributed by atoms with Crippen molar-refractivity contribution in [3.05, 3.63) is 29.3 Å². The molecule has 2 N–H and O–H groups in total. The number of hydrogen-bond acceptors (Lipinski definition) is 7. The fraction of sp³-hybridized carbons (Fsp3) is 0.250. The second kappa shape index (κ2) is 5.93. The van der Waals surface area contributed by atoms with E-state index in [4.69, 9.17) is 15.3 Å². The first kappa shape index (κ1) is 16.5. The van der Waals surface area contributed by atoms with Crippen LogP contribution in [-0.2, 0) is 14.4 Å². The second-order valence-electron chi connectivity index (χ2n) is 5.56. The monoisotopic (exact) mass is 344 g/mol. The lowest BCUT2D eigenvalue weighted by Gasteiger charge is -2.27. The van der Waals surface area contributed by atoms with Crippen LogP contribution < -0.4 is 4.74 Å². The third-order valence-electron chi connectivity index (χ3n) is 4.04. The Morgan fingerprint density at radius 3 is 2.64 bits per heavy atom. The molecule has 128 valence electrons. The number of ether oxygens (including phenoxy) is 1. The summed E-state index contributed by atoms with van der Waals surface area (Å²) in [4.78, 5) is 60.2. The van der Waals surface area contributed by atoms with Crippen molar-refractivity contribution in [3.63, 3.8) is 0 Å². The fourth-order valence-electron chi connectivity index (χ4n) is 2.89. The molecule has 2 aliphatic rings. The average molecular weight is 344 g/mol. The lowest BCUT2D eigenvalue weighted by Crippen LogP contribution is -2.51. The number of ketones is 2. The van der Waals surface area contributed by atoms with Gasteiger partial charge in [-0.3, -0.25) is 29.5 Å². The van der Waals surface area contributed by atoms with Gasteiger partial charge in [0, 0.05) is 6.42 Å². The Hall–Kier alpha value is -3.36. The van der Waals surface area contributed by atoms with Crippen LogP contribution in [0.3, 0.4) is 0 Å². The van der Waals surface area contributed by atoms with E-state index in [2.05, 4.69) is 0 Å². The van der Waals surface area contributed by atoms with Crippen molar-refractivity contribution >= 4 is 35.1 Å². The number of benzene rings is 1. The standard InChI is InChI=1S/C16H12N2O7/c17-13-9(19)5-4-8(14(13)22)18-15(23)7-2-1-3-10(12(7)16(18)24)25-6-11(20)21/h1-3,8,17H,4-6H2,(H,20,21). The molecule has 1 aromatic rings. The Labute approximate surface area is 140 Å². The molecule has 1 atom stereocenters. The minimum atomic E-state index is -1.25. The number of nitrogens with zero attached hydrogens (tertiary/aromatic N) is 1. The zero-order valence-corrected chi connectivity index (χ0v) is 12.8. The van der Waals surface area contributed by atoms with Gasteiger partial charge in [-0.15, -0.1) is 0 Å². The Kier molecular flexibility index (Phi) is 3.91. The number of fused-ring (bicyclic) bond motifs is 1. The first-order valence-corrected chi connectivity index (χ1v) is 7.34. The molecule has 9 nitrogen and oxygen atoms in total. The minimum absolute atomic E-state index is 0.0101. The zero-order chi connectivity index (χ0) is 18.3. The summed E-state index contributed by atoms with van der Waals surface area (Å²) >= 11 is 0. The van der Waals surface area contributed by atoms with E-state index in [-0.39, 0.29) is 29.7 Å². The number of hydrogen-bond donors (Lipinski definition) is 2. The van der Waals surface area contributed by atoms with Crippen molar-refractivity contribution in [3.8, 4) is 5.75 Å². The summed E-state index contributed by atoms with van der Waals surface area (Å²) in [6, 6.07) is 2.93. The second-order valence-corrected chi connectivity index (χ2v) is 5.56. The summed E-state index contributed by atoms with van der Waals surface area (Å²) in [6.45, 7) is -0.695. The van der Waals surface area contributed by atoms with E-state index in [0.29, 0.717) is 0 Å². The van der Waals surface area contributed by atoms with Crippen LogP contribution in [0.4, 0.5) is 0 Å². The lowest BCUT2D eigenvalue weighted by molar-refractivity contribution is -0.139. The first-order valence-electron chi connectivity index (χ1n) is 7.34. The number of carboxylic acid groups (broad SMARTS) is 1. The van der Waals surface area contributed by atoms with Crippen LogP contribution in [0.5, 0.6) is 5.75 Å². The molecule has 1 heterocycles. The first-order chi connectivity index (χ1) is 11.8. The molecule has 3 rings (SSSR count). The van der Waals surface area contributed by atoms with E-state index in [0.717, 1.165) is 4.90 Å². The quantitative estimate of drug-likeness (QED) is 0.736. The van der Waals surface area contributed by atoms with Crippen LogP contribution >= 0.6 is 0 Å². The van der Waals surface area contributed by atoms with Gasteiger partial charge in [-0.2, -0.15) is 0 Å². The van der Waals surface area contributed by atoms with Gasteiger partial charge in [0.15, 0.2) is 12.4 Å². The summed E-state index contributed by atoms with van der Waals surface area (Å²) in [5, 5.41) is 16.2. The van der Waals surface area contributed by atoms with Gasteiger partial charge in [0.05, 0.1) is 11.1 Å². The predicted octanol–water partition coefficient (Wildman–Crippen LogP) is 0.0664. The van der Waals surface area contributed by atoms with Crippen molar-refractivity contribution in [2.24, 2.45) is 0 Å². The molecule has 0 aromatic heterocycles. The smallest absolute Gasteiger partial charge is 0.341 e. The largest absolute Gasteiger partial charge is 0.481 e. The predicted molar refractivity (Wildman–Crippen MR) is 80.8 cm³/mol. The Balaban J connectivity index is 1.96. The highest BCUT2D eigenvalue weighted by Gasteiger charge is 2.47. The summed E-state index contributed by atoms with van der Waals surface area (Å²) in [5.41, 5.74) is -0.857. The third-order valence-corrected chi connectivity index (χ3v) is 4.04. The highest BCUT2D eigenvalue weighted by molar-refractivity contribution is 6.67. The van der Waals surface area contributed by atoms with E-state index in [9.17, 15) is 24.0 Å². The number of carbonyl (C=O) groups is 5. The molecule has 2 amide bonds. The Bertz CT molecular complexity index is 858. The van der Waals surface area contributed by atoms with E-state index < -0.39 is 47.7 Å². The van der Waals surface area contributed by atoms with Gasteiger partial charge in [0.1, 0.15) is 17.5 Å². The van der Waals surface area contributed by atoms with Gasteiger partial charge in [-0.1, -0.05) is 6.07 Å². The van der Waals surface area contributed by atoms with Gasteiger partial charge >= 0.3 is 5.97 Å². The van der Waals surface area contributed by atoms with Crippen molar-refractivity contribution in [1.29, 1.82) is 5.41 Å². The van der Waals surface area contributed by atoms with E-state index in [1.165, 1.54) is 18.2 Å². The third kappa shape index (κ3) is 2.59. The maximum Gasteiger partial charge on any atom is 0.341 e. The molecule has 0 radical (unpaired) electrons. The molecular formula is C16H12N2O7. The summed E-state index contributed by atoms with van der Waals surface area (Å²) in [7, 11) is 0. The van der Waals surface area contributed by atoms with Crippen LogP contribution in [0.2, 0.25) is 0 Å². The molecule has 1 unspecified atom stereocenters. The van der Waals surface area contributed by atoms with Crippen molar-refractivity contribution in [2.75, 3.05) is 6.61 Å². The van der Waals surface area contributed by atoms with Gasteiger partial charge < -0.3 is 9.84 Å². The molecular weight excluding hydrogens is 332 g/mol. The summed E-state index contributed by atoms with van der Waals surface area (Å²) in [5.74, 6) is -4.36. The molecule has 0 spiro atoms. The van der Waals surface area contributed by atoms with Gasteiger partial charge in [0.2, 0.25) is 5.78 Å². The molecule has 25 heavy (non-hydrogen) atoms. The highest BCUT2D eigenvalue weighted by Crippen LogP contribution is 2.34. The number of imide groups is 1. The maximum absolute atomic E-state index is 12.7. The SMILES string of the molecule is N=C1C(=O)CCC(N2C(=O)c3cccc(OCC(=O)O)c3C2=O)C1=O. The van der Waals surface area contributed by atoms with E-state index in [1.807, 2.05) is 0 Å². The molecule has 1 aliphatic carbocycles. The van der Waals surface area contributed by atoms with Crippen molar-refractivity contribution in [2.45, 2.75) is 18.9 Å². The Morgan fingerprint density at radius 2 is 1.96 bits per heavy atom. The number of Topliss-reactive ketones (excluding diaryl/α,β-unsaturated/α-hetero) is 2. The van der Waals surface area contributed by atoms with Crippen molar-refractivity contribution in [1.82, 2.24) is 4.90 Å². The zero-order valence-electron chi connectivity index (χ0n) is 12.8. The van der Waals surface area contributed by atoms with E-state index >= 15 is 0 Å². The number of rotatable bonds is 4. The minimum Gasteiger partial charge on any atom is -0.481 e. The average Bonchev–Trinajstić information content (AvgIpc) is 2.83. The van der Waals surface area contributed by atoms with Crippen LogP contribution in [0.15, 0.2) is 18.2 Å². The number of nitrogens with one attached hydrogen (secondary N) is 1. The van der Waals surface area contributed by atoms with Gasteiger partial charge in [-0.25, -0.2) is 4.79 Å². The number of aliphatic carboxylic acids is 1. The molecule has 9 heteroatoms. The van der Waals surface area contributed by atoms with Crippen LogP contribution in [0.1, 0.15) is 33.6 Å². The normalized spacial score (nSPS) is 20.1. The lowest BCUT2D eigenvalue weighted by atomic mass is 9.90. The highest BCUT2D eigenvalue weighted by atomic mass is 16.5. The van der Waals surface area contributed by atoms with E-state index in [1.54, 1.807) is 0 Å². The fourth-order valence-corrected chi connectivity index (χ4v) is 2.89. The molecule has 0 bridgehead atoms. The van der Waals surface area contributed by atoms with Gasteiger partial charge in [-0.05, 0) is 18.6 Å². The molecule has 1 fully saturated rings. The number of amides is 2. The molecule has 1 aliphatic heterocycles. The maximum atomic E-state index is 12.7. The number of carbonyl (C=O) groups excluding carboxylic acids is 4. The van der Waals surface area contributed by atoms with Gasteiger partial charge in [0.25, 0.3) is 11.8 Å².